The van der Waals surface area contributed by atoms with E-state index in [1.165, 1.54) is 4.90 Å². The molecule has 1 aliphatic heterocycles. The molecule has 0 aromatic heterocycles. The minimum absolute atomic E-state index is 0.108. The summed E-state index contributed by atoms with van der Waals surface area (Å²) >= 11 is -3.05. The Kier molecular flexibility index (Phi) is 9.18. The number of hydrogen-bond donors (Lipinski definition) is 1. The van der Waals surface area contributed by atoms with Crippen molar-refractivity contribution >= 4 is 45.4 Å². The molecule has 1 N–H and O–H groups in total. The molecule has 1 heterocycles. The molecule has 1 aromatic carbocycles. The van der Waals surface area contributed by atoms with Gasteiger partial charge in [-0.05, 0) is 0 Å². The number of nitrogens with zero attached hydrogens (tertiary/aromatic N) is 1. The van der Waals surface area contributed by atoms with E-state index in [1.807, 2.05) is 6.07 Å². The third-order valence-corrected chi connectivity index (χ3v) is 21.8. The van der Waals surface area contributed by atoms with Crippen molar-refractivity contribution in [3.8, 4) is 0 Å². The zero-order valence-corrected chi connectivity index (χ0v) is 21.0. The number of benzene rings is 1. The standard InChI is InChI=1S/C11H8NO4.3C4H9.Sn/c13-9-5-6-10(14)12(9)8-4-2-1-3-7(8)11(15)16;3*1-3-4-2;/h1-3H,5-6H2,(H,15,16);3*1,3-4H2,2H3;. The van der Waals surface area contributed by atoms with E-state index in [2.05, 4.69) is 26.8 Å². The summed E-state index contributed by atoms with van der Waals surface area (Å²) in [5.41, 5.74) is 0.531. The molecule has 1 saturated heterocycles. The van der Waals surface area contributed by atoms with E-state index in [9.17, 15) is 19.5 Å². The molecule has 0 atom stereocenters. The van der Waals surface area contributed by atoms with E-state index in [-0.39, 0.29) is 30.2 Å². The average molecular weight is 508 g/mol. The van der Waals surface area contributed by atoms with Crippen molar-refractivity contribution in [1.29, 1.82) is 0 Å². The molecule has 0 spiro atoms. The average Bonchev–Trinajstić information content (AvgIpc) is 3.05. The second-order valence-corrected chi connectivity index (χ2v) is 21.3. The van der Waals surface area contributed by atoms with Crippen molar-refractivity contribution in [3.63, 3.8) is 0 Å². The molecule has 1 aromatic rings. The number of carboxylic acid groups (broad SMARTS) is 1. The van der Waals surface area contributed by atoms with Crippen LogP contribution >= 0.6 is 0 Å². The van der Waals surface area contributed by atoms with Gasteiger partial charge in [0.2, 0.25) is 0 Å². The molecule has 1 aliphatic rings. The molecule has 0 aliphatic carbocycles. The SMILES string of the molecule is CCC[CH2][Sn]([CH2]CCC)([CH2]CCC)[c]1cccc(C(=O)O)c1N1C(=O)CCC1=O. The number of rotatable bonds is 12. The summed E-state index contributed by atoms with van der Waals surface area (Å²) in [4.78, 5) is 38.5. The van der Waals surface area contributed by atoms with Crippen molar-refractivity contribution in [1.82, 2.24) is 0 Å². The number of carbonyl (C=O) groups is 3. The van der Waals surface area contributed by atoms with E-state index < -0.39 is 24.3 Å². The van der Waals surface area contributed by atoms with Crippen molar-refractivity contribution in [2.24, 2.45) is 0 Å². The molecule has 0 radical (unpaired) electrons. The monoisotopic (exact) mass is 509 g/mol. The number of amides is 2. The van der Waals surface area contributed by atoms with Gasteiger partial charge in [-0.3, -0.25) is 0 Å². The van der Waals surface area contributed by atoms with Crippen molar-refractivity contribution < 1.29 is 19.5 Å². The van der Waals surface area contributed by atoms with Gasteiger partial charge in [0.1, 0.15) is 0 Å². The molecule has 0 unspecified atom stereocenters. The summed E-state index contributed by atoms with van der Waals surface area (Å²) in [7, 11) is 0. The van der Waals surface area contributed by atoms with E-state index in [4.69, 9.17) is 0 Å². The summed E-state index contributed by atoms with van der Waals surface area (Å²) in [6, 6.07) is 5.43. The Balaban J connectivity index is 2.73. The quantitative estimate of drug-likeness (QED) is 0.315. The molecular weight excluding hydrogens is 473 g/mol. The Morgan fingerprint density at radius 3 is 1.83 bits per heavy atom. The van der Waals surface area contributed by atoms with Gasteiger partial charge in [-0.2, -0.15) is 0 Å². The number of aromatic carboxylic acids is 1. The number of carbonyl (C=O) groups excluding carboxylic acids is 2. The second kappa shape index (κ2) is 11.1. The first-order valence-electron chi connectivity index (χ1n) is 11.1. The van der Waals surface area contributed by atoms with Crippen LogP contribution in [0.2, 0.25) is 13.3 Å². The van der Waals surface area contributed by atoms with Crippen LogP contribution in [0.25, 0.3) is 0 Å². The van der Waals surface area contributed by atoms with Gasteiger partial charge in [-0.15, -0.1) is 0 Å². The zero-order valence-electron chi connectivity index (χ0n) is 18.1. The van der Waals surface area contributed by atoms with Crippen LogP contribution in [0.4, 0.5) is 5.69 Å². The first-order chi connectivity index (χ1) is 13.9. The van der Waals surface area contributed by atoms with Crippen LogP contribution in [0, 0.1) is 0 Å². The first-order valence-corrected chi connectivity index (χ1v) is 18.6. The second-order valence-electron chi connectivity index (χ2n) is 8.22. The fraction of sp³-hybridized carbons (Fsp3) is 0.609. The number of para-hydroxylation sites is 1. The Morgan fingerprint density at radius 1 is 0.931 bits per heavy atom. The Hall–Kier alpha value is -1.37. The maximum absolute atomic E-state index is 12.6. The number of hydrogen-bond acceptors (Lipinski definition) is 3. The predicted octanol–water partition coefficient (Wildman–Crippen LogP) is 5.09. The van der Waals surface area contributed by atoms with Gasteiger partial charge in [0, 0.05) is 0 Å². The van der Waals surface area contributed by atoms with E-state index in [0.717, 1.165) is 55.4 Å². The molecule has 2 amide bonds. The van der Waals surface area contributed by atoms with Crippen LogP contribution in [0.3, 0.4) is 0 Å². The van der Waals surface area contributed by atoms with Gasteiger partial charge in [-0.1, -0.05) is 0 Å². The number of imide groups is 1. The summed E-state index contributed by atoms with van der Waals surface area (Å²) < 4.78 is 4.53. The Labute approximate surface area is 178 Å². The molecule has 1 fully saturated rings. The van der Waals surface area contributed by atoms with Crippen LogP contribution in [-0.2, 0) is 9.59 Å². The molecule has 0 bridgehead atoms. The normalized spacial score (nSPS) is 14.7. The summed E-state index contributed by atoms with van der Waals surface area (Å²) in [6.45, 7) is 6.58. The van der Waals surface area contributed by atoms with Gasteiger partial charge in [0.15, 0.2) is 0 Å². The Bertz CT molecular complexity index is 709. The minimum atomic E-state index is -3.05. The molecule has 2 rings (SSSR count). The molecule has 5 nitrogen and oxygen atoms in total. The molecule has 0 saturated carbocycles. The molecule has 160 valence electrons. The van der Waals surface area contributed by atoms with Crippen LogP contribution in [0.1, 0.15) is 82.5 Å². The molecule has 29 heavy (non-hydrogen) atoms. The number of anilines is 1. The van der Waals surface area contributed by atoms with E-state index in [0.29, 0.717) is 5.69 Å². The first kappa shape index (κ1) is 23.9. The van der Waals surface area contributed by atoms with E-state index >= 15 is 0 Å². The summed E-state index contributed by atoms with van der Waals surface area (Å²) in [6.07, 6.45) is 7.04. The topological polar surface area (TPSA) is 74.7 Å². The van der Waals surface area contributed by atoms with Crippen LogP contribution in [0.5, 0.6) is 0 Å². The summed E-state index contributed by atoms with van der Waals surface area (Å²) in [5, 5.41) is 9.89. The molecular formula is C23H35NO4Sn. The van der Waals surface area contributed by atoms with Crippen LogP contribution < -0.4 is 8.48 Å². The van der Waals surface area contributed by atoms with Gasteiger partial charge in [-0.25, -0.2) is 0 Å². The number of carboxylic acids is 1. The third kappa shape index (κ3) is 5.41. The predicted molar refractivity (Wildman–Crippen MR) is 120 cm³/mol. The molecule has 6 heteroatoms. The van der Waals surface area contributed by atoms with Crippen LogP contribution in [-0.4, -0.2) is 41.3 Å². The third-order valence-electron chi connectivity index (χ3n) is 6.14. The Morgan fingerprint density at radius 2 is 1.41 bits per heavy atom. The van der Waals surface area contributed by atoms with Gasteiger partial charge in [0.05, 0.1) is 0 Å². The van der Waals surface area contributed by atoms with E-state index in [1.54, 1.807) is 6.07 Å². The fourth-order valence-electron chi connectivity index (χ4n) is 4.54. The van der Waals surface area contributed by atoms with Crippen molar-refractivity contribution in [3.05, 3.63) is 23.8 Å². The zero-order chi connectivity index (χ0) is 21.4. The van der Waals surface area contributed by atoms with Gasteiger partial charge in [0.25, 0.3) is 0 Å². The number of unbranched alkanes of at least 4 members (excludes halogenated alkanes) is 3. The van der Waals surface area contributed by atoms with Gasteiger partial charge < -0.3 is 0 Å². The maximum atomic E-state index is 12.6. The van der Waals surface area contributed by atoms with Gasteiger partial charge >= 0.3 is 179 Å². The van der Waals surface area contributed by atoms with Crippen molar-refractivity contribution in [2.75, 3.05) is 4.90 Å². The van der Waals surface area contributed by atoms with Crippen LogP contribution in [0.15, 0.2) is 18.2 Å². The van der Waals surface area contributed by atoms with Crippen molar-refractivity contribution in [2.45, 2.75) is 85.4 Å². The summed E-state index contributed by atoms with van der Waals surface area (Å²) in [5.74, 6) is -1.57. The fourth-order valence-corrected chi connectivity index (χ4v) is 21.2.